The van der Waals surface area contributed by atoms with Crippen molar-refractivity contribution in [2.24, 2.45) is 0 Å². The topological polar surface area (TPSA) is 96.3 Å². The van der Waals surface area contributed by atoms with Gasteiger partial charge in [0.05, 0.1) is 17.9 Å². The fourth-order valence-electron chi connectivity index (χ4n) is 2.45. The van der Waals surface area contributed by atoms with Gasteiger partial charge in [-0.15, -0.1) is 0 Å². The largest absolute Gasteiger partial charge is 0.377 e. The first-order valence-corrected chi connectivity index (χ1v) is 7.91. The number of hydrogen-bond donors (Lipinski definition) is 1. The third-order valence-corrected chi connectivity index (χ3v) is 4.46. The van der Waals surface area contributed by atoms with Crippen LogP contribution in [0.5, 0.6) is 0 Å². The van der Waals surface area contributed by atoms with Crippen molar-refractivity contribution < 1.29 is 12.9 Å². The predicted octanol–water partition coefficient (Wildman–Crippen LogP) is 0.469. The Morgan fingerprint density at radius 1 is 1.40 bits per heavy atom. The van der Waals surface area contributed by atoms with Crippen molar-refractivity contribution in [1.29, 1.82) is 0 Å². The maximum atomic E-state index is 11.9. The van der Waals surface area contributed by atoms with Gasteiger partial charge < -0.3 is 4.52 Å². The minimum Gasteiger partial charge on any atom is -0.362 e. The molecule has 1 atom stereocenters. The van der Waals surface area contributed by atoms with Gasteiger partial charge in [-0.05, 0) is 18.1 Å². The van der Waals surface area contributed by atoms with Gasteiger partial charge in [-0.25, -0.2) is 13.2 Å². The SMILES string of the molecule is CS(=O)(=O)N1C[C@H](c2nc(=O)[nH]o2)Cc2ccccc21. The van der Waals surface area contributed by atoms with Crippen molar-refractivity contribution in [1.82, 2.24) is 10.1 Å². The van der Waals surface area contributed by atoms with E-state index in [1.165, 1.54) is 4.31 Å². The van der Waals surface area contributed by atoms with Crippen molar-refractivity contribution in [3.8, 4) is 0 Å². The third-order valence-electron chi connectivity index (χ3n) is 3.32. The predicted molar refractivity (Wildman–Crippen MR) is 72.2 cm³/mol. The zero-order valence-electron chi connectivity index (χ0n) is 10.7. The van der Waals surface area contributed by atoms with Crippen LogP contribution in [0, 0.1) is 0 Å². The molecule has 0 saturated heterocycles. The van der Waals surface area contributed by atoms with Gasteiger partial charge in [0.25, 0.3) is 0 Å². The highest BCUT2D eigenvalue weighted by Gasteiger charge is 2.32. The molecule has 2 heterocycles. The van der Waals surface area contributed by atoms with Crippen LogP contribution in [0.25, 0.3) is 0 Å². The quantitative estimate of drug-likeness (QED) is 0.868. The van der Waals surface area contributed by atoms with E-state index in [0.717, 1.165) is 11.8 Å². The molecule has 7 nitrogen and oxygen atoms in total. The van der Waals surface area contributed by atoms with E-state index in [1.807, 2.05) is 12.1 Å². The minimum absolute atomic E-state index is 0.212. The monoisotopic (exact) mass is 295 g/mol. The molecule has 0 unspecified atom stereocenters. The number of benzene rings is 1. The summed E-state index contributed by atoms with van der Waals surface area (Å²) < 4.78 is 30.2. The van der Waals surface area contributed by atoms with Crippen LogP contribution < -0.4 is 9.99 Å². The van der Waals surface area contributed by atoms with Crippen molar-refractivity contribution in [2.45, 2.75) is 12.3 Å². The van der Waals surface area contributed by atoms with Crippen molar-refractivity contribution >= 4 is 15.7 Å². The van der Waals surface area contributed by atoms with Gasteiger partial charge in [0.15, 0.2) is 0 Å². The fourth-order valence-corrected chi connectivity index (χ4v) is 3.44. The number of fused-ring (bicyclic) bond motifs is 1. The molecule has 1 aromatic heterocycles. The van der Waals surface area contributed by atoms with Gasteiger partial charge in [0.1, 0.15) is 0 Å². The first-order chi connectivity index (χ1) is 9.45. The summed E-state index contributed by atoms with van der Waals surface area (Å²) in [7, 11) is -3.40. The number of para-hydroxylation sites is 1. The molecule has 1 aromatic carbocycles. The van der Waals surface area contributed by atoms with Gasteiger partial charge in [0, 0.05) is 6.54 Å². The Labute approximate surface area is 115 Å². The second-order valence-electron chi connectivity index (χ2n) is 4.78. The van der Waals surface area contributed by atoms with Crippen molar-refractivity contribution in [2.75, 3.05) is 17.1 Å². The van der Waals surface area contributed by atoms with E-state index in [-0.39, 0.29) is 18.4 Å². The van der Waals surface area contributed by atoms with Crippen LogP contribution in [-0.2, 0) is 16.4 Å². The van der Waals surface area contributed by atoms with Gasteiger partial charge in [0.2, 0.25) is 15.9 Å². The number of sulfonamides is 1. The number of nitrogens with zero attached hydrogens (tertiary/aromatic N) is 2. The highest BCUT2D eigenvalue weighted by molar-refractivity contribution is 7.92. The molecule has 0 saturated carbocycles. The summed E-state index contributed by atoms with van der Waals surface area (Å²) in [6, 6.07) is 7.28. The van der Waals surface area contributed by atoms with Gasteiger partial charge >= 0.3 is 5.69 Å². The molecule has 0 spiro atoms. The highest BCUT2D eigenvalue weighted by Crippen LogP contribution is 2.34. The standard InChI is InChI=1S/C12H13N3O4S/c1-20(17,18)15-7-9(11-13-12(16)14-19-11)6-8-4-2-3-5-10(8)15/h2-5,9H,6-7H2,1H3,(H,14,16)/t9-/m1/s1. The molecule has 0 fully saturated rings. The van der Waals surface area contributed by atoms with Crippen LogP contribution in [0.3, 0.4) is 0 Å². The number of hydrogen-bond acceptors (Lipinski definition) is 5. The lowest BCUT2D eigenvalue weighted by molar-refractivity contribution is 0.348. The summed E-state index contributed by atoms with van der Waals surface area (Å²) in [5.41, 5.74) is 0.994. The number of rotatable bonds is 2. The van der Waals surface area contributed by atoms with E-state index < -0.39 is 15.7 Å². The lowest BCUT2D eigenvalue weighted by Gasteiger charge is -2.32. The summed E-state index contributed by atoms with van der Waals surface area (Å²) in [4.78, 5) is 14.8. The fraction of sp³-hybridized carbons (Fsp3) is 0.333. The highest BCUT2D eigenvalue weighted by atomic mass is 32.2. The van der Waals surface area contributed by atoms with E-state index in [0.29, 0.717) is 12.1 Å². The van der Waals surface area contributed by atoms with E-state index >= 15 is 0 Å². The minimum atomic E-state index is -3.40. The molecule has 0 aliphatic carbocycles. The maximum absolute atomic E-state index is 11.9. The zero-order chi connectivity index (χ0) is 14.3. The summed E-state index contributed by atoms with van der Waals surface area (Å²) >= 11 is 0. The van der Waals surface area contributed by atoms with Gasteiger partial charge in [-0.3, -0.25) is 4.31 Å². The van der Waals surface area contributed by atoms with E-state index in [2.05, 4.69) is 10.1 Å². The molecule has 0 amide bonds. The van der Waals surface area contributed by atoms with Crippen LogP contribution in [0.1, 0.15) is 17.4 Å². The smallest absolute Gasteiger partial charge is 0.362 e. The number of H-pyrrole nitrogens is 1. The first-order valence-electron chi connectivity index (χ1n) is 6.06. The number of nitrogens with one attached hydrogen (secondary N) is 1. The van der Waals surface area contributed by atoms with E-state index in [9.17, 15) is 13.2 Å². The van der Waals surface area contributed by atoms with Crippen LogP contribution in [0.4, 0.5) is 5.69 Å². The molecule has 1 aliphatic heterocycles. The Balaban J connectivity index is 2.07. The molecular formula is C12H13N3O4S. The molecule has 20 heavy (non-hydrogen) atoms. The van der Waals surface area contributed by atoms with Crippen LogP contribution in [0.15, 0.2) is 33.6 Å². The van der Waals surface area contributed by atoms with E-state index in [4.69, 9.17) is 4.52 Å². The lowest BCUT2D eigenvalue weighted by atomic mass is 9.94. The molecule has 3 rings (SSSR count). The van der Waals surface area contributed by atoms with Crippen LogP contribution in [0.2, 0.25) is 0 Å². The van der Waals surface area contributed by atoms with Crippen molar-refractivity contribution in [3.63, 3.8) is 0 Å². The summed E-state index contributed by atoms with van der Waals surface area (Å²) in [6.45, 7) is 0.212. The lowest BCUT2D eigenvalue weighted by Crippen LogP contribution is -2.38. The summed E-state index contributed by atoms with van der Waals surface area (Å²) in [6.07, 6.45) is 1.74. The second-order valence-corrected chi connectivity index (χ2v) is 6.69. The molecule has 2 aromatic rings. The molecule has 1 aliphatic rings. The molecule has 0 radical (unpaired) electrons. The van der Waals surface area contributed by atoms with Crippen LogP contribution in [-0.4, -0.2) is 31.4 Å². The van der Waals surface area contributed by atoms with E-state index in [1.54, 1.807) is 12.1 Å². The summed E-state index contributed by atoms with van der Waals surface area (Å²) in [5.74, 6) is -0.0447. The van der Waals surface area contributed by atoms with Gasteiger partial charge in [-0.2, -0.15) is 10.1 Å². The number of aromatic nitrogens is 2. The Morgan fingerprint density at radius 2 is 2.15 bits per heavy atom. The Bertz CT molecular complexity index is 793. The van der Waals surface area contributed by atoms with Gasteiger partial charge in [-0.1, -0.05) is 18.2 Å². The van der Waals surface area contributed by atoms with Crippen molar-refractivity contribution in [3.05, 3.63) is 46.2 Å². The molecule has 106 valence electrons. The number of aromatic amines is 1. The number of anilines is 1. The van der Waals surface area contributed by atoms with Crippen LogP contribution >= 0.6 is 0 Å². The molecule has 8 heteroatoms. The Kier molecular flexibility index (Phi) is 2.89. The average molecular weight is 295 g/mol. The maximum Gasteiger partial charge on any atom is 0.377 e. The average Bonchev–Trinajstić information content (AvgIpc) is 2.83. The Morgan fingerprint density at radius 3 is 2.80 bits per heavy atom. The Hall–Kier alpha value is -2.09. The second kappa shape index (κ2) is 4.48. The normalized spacial score (nSPS) is 18.9. The molecule has 0 bridgehead atoms. The first kappa shape index (κ1) is 12.9. The summed E-state index contributed by atoms with van der Waals surface area (Å²) in [5, 5.41) is 2.13. The molecular weight excluding hydrogens is 282 g/mol. The zero-order valence-corrected chi connectivity index (χ0v) is 11.6. The third kappa shape index (κ3) is 2.22. The molecule has 1 N–H and O–H groups in total.